The zero-order chi connectivity index (χ0) is 10.7. The number of nitrogens with one attached hydrogen (secondary N) is 1. The standard InChI is InChI=1S/C8H8N6O/c1-5(3-9)2-7-11-8(13-15-7)6-4-10-14-12-6/h4-5H,2H2,1H3,(H,10,12,14). The van der Waals surface area contributed by atoms with Crippen LogP contribution in [0.2, 0.25) is 0 Å². The number of nitrogens with zero attached hydrogens (tertiary/aromatic N) is 5. The first-order chi connectivity index (χ1) is 7.29. The molecule has 0 bridgehead atoms. The van der Waals surface area contributed by atoms with E-state index in [1.54, 1.807) is 6.92 Å². The molecular weight excluding hydrogens is 196 g/mol. The van der Waals surface area contributed by atoms with Gasteiger partial charge in [0.15, 0.2) is 5.69 Å². The van der Waals surface area contributed by atoms with Crippen molar-refractivity contribution >= 4 is 0 Å². The van der Waals surface area contributed by atoms with Gasteiger partial charge in [-0.05, 0) is 6.92 Å². The van der Waals surface area contributed by atoms with E-state index in [2.05, 4.69) is 31.6 Å². The molecule has 0 spiro atoms. The highest BCUT2D eigenvalue weighted by molar-refractivity contribution is 5.44. The average molecular weight is 204 g/mol. The molecule has 2 aromatic rings. The molecule has 1 atom stereocenters. The third-order valence-electron chi connectivity index (χ3n) is 1.81. The summed E-state index contributed by atoms with van der Waals surface area (Å²) in [4.78, 5) is 4.09. The fraction of sp³-hybridized carbons (Fsp3) is 0.375. The van der Waals surface area contributed by atoms with E-state index in [0.717, 1.165) is 0 Å². The molecule has 7 nitrogen and oxygen atoms in total. The van der Waals surface area contributed by atoms with Gasteiger partial charge in [-0.3, -0.25) is 0 Å². The van der Waals surface area contributed by atoms with Gasteiger partial charge in [-0.25, -0.2) is 0 Å². The fourth-order valence-corrected chi connectivity index (χ4v) is 1.06. The van der Waals surface area contributed by atoms with Gasteiger partial charge in [-0.15, -0.1) is 0 Å². The largest absolute Gasteiger partial charge is 0.339 e. The van der Waals surface area contributed by atoms with E-state index in [9.17, 15) is 0 Å². The molecule has 15 heavy (non-hydrogen) atoms. The Balaban J connectivity index is 2.15. The third-order valence-corrected chi connectivity index (χ3v) is 1.81. The monoisotopic (exact) mass is 204 g/mol. The van der Waals surface area contributed by atoms with Gasteiger partial charge in [0, 0.05) is 6.42 Å². The summed E-state index contributed by atoms with van der Waals surface area (Å²) in [7, 11) is 0. The average Bonchev–Trinajstić information content (AvgIpc) is 2.85. The van der Waals surface area contributed by atoms with E-state index >= 15 is 0 Å². The lowest BCUT2D eigenvalue weighted by Crippen LogP contribution is -1.96. The topological polar surface area (TPSA) is 104 Å². The summed E-state index contributed by atoms with van der Waals surface area (Å²) >= 11 is 0. The molecule has 1 N–H and O–H groups in total. The Morgan fingerprint density at radius 2 is 2.53 bits per heavy atom. The van der Waals surface area contributed by atoms with Crippen LogP contribution in [0.4, 0.5) is 0 Å². The molecule has 0 fully saturated rings. The Morgan fingerprint density at radius 1 is 1.67 bits per heavy atom. The van der Waals surface area contributed by atoms with Gasteiger partial charge in [0.25, 0.3) is 0 Å². The molecule has 0 aliphatic heterocycles. The van der Waals surface area contributed by atoms with Crippen molar-refractivity contribution in [3.8, 4) is 17.6 Å². The maximum absolute atomic E-state index is 8.62. The molecule has 0 radical (unpaired) electrons. The number of hydrogen-bond donors (Lipinski definition) is 1. The second-order valence-corrected chi connectivity index (χ2v) is 3.10. The van der Waals surface area contributed by atoms with Gasteiger partial charge < -0.3 is 4.52 Å². The van der Waals surface area contributed by atoms with E-state index in [4.69, 9.17) is 9.78 Å². The molecule has 0 saturated carbocycles. The Morgan fingerprint density at radius 3 is 3.20 bits per heavy atom. The van der Waals surface area contributed by atoms with Crippen LogP contribution in [0.5, 0.6) is 0 Å². The van der Waals surface area contributed by atoms with Crippen LogP contribution in [0, 0.1) is 17.2 Å². The molecule has 0 aliphatic carbocycles. The molecule has 2 rings (SSSR count). The highest BCUT2D eigenvalue weighted by atomic mass is 16.5. The van der Waals surface area contributed by atoms with Gasteiger partial charge in [-0.2, -0.15) is 25.7 Å². The normalized spacial score (nSPS) is 12.3. The minimum Gasteiger partial charge on any atom is -0.339 e. The quantitative estimate of drug-likeness (QED) is 0.783. The van der Waals surface area contributed by atoms with Crippen molar-refractivity contribution < 1.29 is 4.52 Å². The zero-order valence-corrected chi connectivity index (χ0v) is 8.01. The van der Waals surface area contributed by atoms with Crippen LogP contribution >= 0.6 is 0 Å². The first-order valence-corrected chi connectivity index (χ1v) is 4.38. The molecule has 7 heteroatoms. The van der Waals surface area contributed by atoms with E-state index in [1.165, 1.54) is 6.20 Å². The predicted octanol–water partition coefficient (Wildman–Crippen LogP) is 0.557. The Bertz CT molecular complexity index is 468. The minimum atomic E-state index is -0.143. The van der Waals surface area contributed by atoms with E-state index < -0.39 is 0 Å². The predicted molar refractivity (Wildman–Crippen MR) is 48.2 cm³/mol. The minimum absolute atomic E-state index is 0.143. The summed E-state index contributed by atoms with van der Waals surface area (Å²) in [6, 6.07) is 2.10. The van der Waals surface area contributed by atoms with Crippen LogP contribution in [-0.2, 0) is 6.42 Å². The zero-order valence-electron chi connectivity index (χ0n) is 8.01. The smallest absolute Gasteiger partial charge is 0.228 e. The summed E-state index contributed by atoms with van der Waals surface area (Å²) in [5.74, 6) is 0.668. The molecule has 76 valence electrons. The van der Waals surface area contributed by atoms with Crippen LogP contribution in [0.1, 0.15) is 12.8 Å². The van der Waals surface area contributed by atoms with Crippen LogP contribution < -0.4 is 0 Å². The maximum atomic E-state index is 8.62. The molecular formula is C8H8N6O. The van der Waals surface area contributed by atoms with Crippen molar-refractivity contribution in [1.82, 2.24) is 25.6 Å². The summed E-state index contributed by atoms with van der Waals surface area (Å²) in [5.41, 5.74) is 0.523. The van der Waals surface area contributed by atoms with E-state index in [-0.39, 0.29) is 5.92 Å². The molecule has 0 aliphatic rings. The number of aromatic amines is 1. The summed E-state index contributed by atoms with van der Waals surface area (Å²) in [5, 5.41) is 22.3. The number of rotatable bonds is 3. The lowest BCUT2D eigenvalue weighted by molar-refractivity contribution is 0.369. The van der Waals surface area contributed by atoms with Crippen molar-refractivity contribution in [3.05, 3.63) is 12.1 Å². The Kier molecular flexibility index (Phi) is 2.41. The lowest BCUT2D eigenvalue weighted by Gasteiger charge is -1.92. The Labute approximate surface area is 85.1 Å². The van der Waals surface area contributed by atoms with Crippen molar-refractivity contribution in [2.75, 3.05) is 0 Å². The van der Waals surface area contributed by atoms with Gasteiger partial charge in [0.1, 0.15) is 0 Å². The van der Waals surface area contributed by atoms with E-state index in [0.29, 0.717) is 23.8 Å². The fourth-order valence-electron chi connectivity index (χ4n) is 1.06. The third kappa shape index (κ3) is 1.99. The number of hydrogen-bond acceptors (Lipinski definition) is 6. The van der Waals surface area contributed by atoms with Crippen LogP contribution in [0.15, 0.2) is 10.7 Å². The van der Waals surface area contributed by atoms with Crippen molar-refractivity contribution in [1.29, 1.82) is 5.26 Å². The number of nitriles is 1. The molecule has 0 aromatic carbocycles. The van der Waals surface area contributed by atoms with Crippen molar-refractivity contribution in [2.24, 2.45) is 5.92 Å². The van der Waals surface area contributed by atoms with Gasteiger partial charge in [0.2, 0.25) is 11.7 Å². The molecule has 0 saturated heterocycles. The SMILES string of the molecule is CC(C#N)Cc1nc(-c2cn[nH]n2)no1. The van der Waals surface area contributed by atoms with Crippen molar-refractivity contribution in [3.63, 3.8) is 0 Å². The number of H-pyrrole nitrogens is 1. The van der Waals surface area contributed by atoms with Crippen LogP contribution in [0.25, 0.3) is 11.5 Å². The highest BCUT2D eigenvalue weighted by Gasteiger charge is 2.12. The van der Waals surface area contributed by atoms with Crippen LogP contribution in [0.3, 0.4) is 0 Å². The van der Waals surface area contributed by atoms with Gasteiger partial charge in [0.05, 0.1) is 18.2 Å². The second-order valence-electron chi connectivity index (χ2n) is 3.10. The lowest BCUT2D eigenvalue weighted by atomic mass is 10.1. The molecule has 1 unspecified atom stereocenters. The number of aromatic nitrogens is 5. The summed E-state index contributed by atoms with van der Waals surface area (Å²) < 4.78 is 4.97. The van der Waals surface area contributed by atoms with Crippen molar-refractivity contribution in [2.45, 2.75) is 13.3 Å². The maximum Gasteiger partial charge on any atom is 0.228 e. The highest BCUT2D eigenvalue weighted by Crippen LogP contribution is 2.12. The first kappa shape index (κ1) is 9.33. The van der Waals surface area contributed by atoms with Gasteiger partial charge >= 0.3 is 0 Å². The first-order valence-electron chi connectivity index (χ1n) is 4.38. The second kappa shape index (κ2) is 3.88. The van der Waals surface area contributed by atoms with Gasteiger partial charge in [-0.1, -0.05) is 5.16 Å². The molecule has 2 aromatic heterocycles. The van der Waals surface area contributed by atoms with Crippen LogP contribution in [-0.4, -0.2) is 25.6 Å². The summed E-state index contributed by atoms with van der Waals surface area (Å²) in [6.45, 7) is 1.79. The molecule has 0 amide bonds. The summed E-state index contributed by atoms with van der Waals surface area (Å²) in [6.07, 6.45) is 1.95. The van der Waals surface area contributed by atoms with E-state index in [1.807, 2.05) is 0 Å². The Hall–Kier alpha value is -2.23. The molecule has 2 heterocycles.